The number of nitrogens with zero attached hydrogens (tertiary/aromatic N) is 1. The third-order valence-electron chi connectivity index (χ3n) is 4.04. The van der Waals surface area contributed by atoms with Gasteiger partial charge in [-0.15, -0.1) is 0 Å². The average molecular weight is 240 g/mol. The summed E-state index contributed by atoms with van der Waals surface area (Å²) in [5, 5.41) is 3.58. The van der Waals surface area contributed by atoms with Crippen LogP contribution in [0.15, 0.2) is 0 Å². The van der Waals surface area contributed by atoms with Gasteiger partial charge in [0.15, 0.2) is 0 Å². The van der Waals surface area contributed by atoms with Gasteiger partial charge < -0.3 is 15.0 Å². The van der Waals surface area contributed by atoms with Crippen LogP contribution >= 0.6 is 0 Å². The molecule has 0 aromatic carbocycles. The first kappa shape index (κ1) is 13.3. The summed E-state index contributed by atoms with van der Waals surface area (Å²) < 4.78 is 5.80. The van der Waals surface area contributed by atoms with Gasteiger partial charge in [-0.05, 0) is 51.6 Å². The molecule has 0 aliphatic carbocycles. The van der Waals surface area contributed by atoms with Gasteiger partial charge in [-0.3, -0.25) is 0 Å². The van der Waals surface area contributed by atoms with Crippen LogP contribution in [0.3, 0.4) is 0 Å². The fraction of sp³-hybridized carbons (Fsp3) is 1.00. The summed E-state index contributed by atoms with van der Waals surface area (Å²) in [6.45, 7) is 8.05. The lowest BCUT2D eigenvalue weighted by atomic mass is 10.0. The van der Waals surface area contributed by atoms with Crippen LogP contribution in [-0.2, 0) is 4.74 Å². The highest BCUT2D eigenvalue weighted by Gasteiger charge is 2.20. The third kappa shape index (κ3) is 4.57. The molecule has 2 aliphatic heterocycles. The van der Waals surface area contributed by atoms with E-state index in [-0.39, 0.29) is 0 Å². The lowest BCUT2D eigenvalue weighted by Gasteiger charge is -2.34. The molecule has 2 atom stereocenters. The zero-order chi connectivity index (χ0) is 11.9. The number of hydrogen-bond acceptors (Lipinski definition) is 3. The number of rotatable bonds is 5. The van der Waals surface area contributed by atoms with E-state index in [1.54, 1.807) is 0 Å². The summed E-state index contributed by atoms with van der Waals surface area (Å²) in [5.41, 5.74) is 0. The third-order valence-corrected chi connectivity index (χ3v) is 4.04. The summed E-state index contributed by atoms with van der Waals surface area (Å²) in [6, 6.07) is 0.723. The summed E-state index contributed by atoms with van der Waals surface area (Å²) >= 11 is 0. The molecule has 2 fully saturated rings. The van der Waals surface area contributed by atoms with Crippen LogP contribution in [0, 0.1) is 0 Å². The van der Waals surface area contributed by atoms with Crippen molar-refractivity contribution in [3.8, 4) is 0 Å². The zero-order valence-electron chi connectivity index (χ0n) is 11.3. The van der Waals surface area contributed by atoms with Crippen molar-refractivity contribution in [1.29, 1.82) is 0 Å². The minimum atomic E-state index is 0.545. The molecule has 2 heterocycles. The van der Waals surface area contributed by atoms with Crippen LogP contribution in [0.25, 0.3) is 0 Å². The van der Waals surface area contributed by atoms with Crippen molar-refractivity contribution < 1.29 is 4.74 Å². The molecule has 0 aromatic heterocycles. The Labute approximate surface area is 106 Å². The lowest BCUT2D eigenvalue weighted by Crippen LogP contribution is -2.46. The second-order valence-corrected chi connectivity index (χ2v) is 5.47. The molecule has 3 heteroatoms. The van der Waals surface area contributed by atoms with Crippen molar-refractivity contribution in [2.45, 2.75) is 57.6 Å². The average Bonchev–Trinajstić information content (AvgIpc) is 2.39. The van der Waals surface area contributed by atoms with Crippen LogP contribution in [0.4, 0.5) is 0 Å². The number of likely N-dealkylation sites (N-methyl/N-ethyl adjacent to an activating group) is 1. The summed E-state index contributed by atoms with van der Waals surface area (Å²) in [7, 11) is 0. The smallest absolute Gasteiger partial charge is 0.0587 e. The van der Waals surface area contributed by atoms with Gasteiger partial charge in [0.2, 0.25) is 0 Å². The van der Waals surface area contributed by atoms with E-state index in [2.05, 4.69) is 17.1 Å². The van der Waals surface area contributed by atoms with Crippen molar-refractivity contribution in [2.75, 3.05) is 32.8 Å². The molecular formula is C14H28N2O. The van der Waals surface area contributed by atoms with Crippen LogP contribution in [-0.4, -0.2) is 49.8 Å². The van der Waals surface area contributed by atoms with Crippen molar-refractivity contribution in [2.24, 2.45) is 0 Å². The SMILES string of the molecule is CCNC1CCCN(CCC2CCCCO2)C1. The Kier molecular flexibility index (Phi) is 5.75. The Bertz CT molecular complexity index is 202. The molecule has 0 bridgehead atoms. The van der Waals surface area contributed by atoms with E-state index in [4.69, 9.17) is 4.74 Å². The van der Waals surface area contributed by atoms with Gasteiger partial charge >= 0.3 is 0 Å². The largest absolute Gasteiger partial charge is 0.378 e. The van der Waals surface area contributed by atoms with Gasteiger partial charge in [-0.1, -0.05) is 6.92 Å². The molecule has 100 valence electrons. The molecule has 2 aliphatic rings. The molecule has 3 nitrogen and oxygen atoms in total. The second kappa shape index (κ2) is 7.34. The van der Waals surface area contributed by atoms with E-state index in [9.17, 15) is 0 Å². The van der Waals surface area contributed by atoms with Crippen molar-refractivity contribution in [3.63, 3.8) is 0 Å². The summed E-state index contributed by atoms with van der Waals surface area (Å²) in [5.74, 6) is 0. The van der Waals surface area contributed by atoms with Crippen molar-refractivity contribution in [1.82, 2.24) is 10.2 Å². The molecule has 0 aromatic rings. The Morgan fingerprint density at radius 2 is 2.18 bits per heavy atom. The first-order valence-electron chi connectivity index (χ1n) is 7.46. The molecule has 0 amide bonds. The van der Waals surface area contributed by atoms with Gasteiger partial charge in [0.05, 0.1) is 6.10 Å². The monoisotopic (exact) mass is 240 g/mol. The van der Waals surface area contributed by atoms with Crippen LogP contribution < -0.4 is 5.32 Å². The Morgan fingerprint density at radius 1 is 1.24 bits per heavy atom. The van der Waals surface area contributed by atoms with Gasteiger partial charge in [0.25, 0.3) is 0 Å². The molecule has 2 rings (SSSR count). The van der Waals surface area contributed by atoms with E-state index in [0.29, 0.717) is 6.10 Å². The van der Waals surface area contributed by atoms with Crippen molar-refractivity contribution >= 4 is 0 Å². The number of likely N-dealkylation sites (tertiary alicyclic amines) is 1. The van der Waals surface area contributed by atoms with Crippen molar-refractivity contribution in [3.05, 3.63) is 0 Å². The maximum atomic E-state index is 5.80. The van der Waals surface area contributed by atoms with Crippen LogP contribution in [0.5, 0.6) is 0 Å². The van der Waals surface area contributed by atoms with E-state index < -0.39 is 0 Å². The zero-order valence-corrected chi connectivity index (χ0v) is 11.3. The fourth-order valence-electron chi connectivity index (χ4n) is 3.08. The van der Waals surface area contributed by atoms with Gasteiger partial charge in [0, 0.05) is 25.7 Å². The standard InChI is InChI=1S/C14H28N2O/c1-2-15-13-6-5-9-16(12-13)10-8-14-7-3-4-11-17-14/h13-15H,2-12H2,1H3. The maximum absolute atomic E-state index is 5.80. The Balaban J connectivity index is 1.64. The number of piperidine rings is 1. The minimum absolute atomic E-state index is 0.545. The Hall–Kier alpha value is -0.120. The predicted octanol–water partition coefficient (Wildman–Crippen LogP) is 2.02. The molecule has 1 N–H and O–H groups in total. The van der Waals surface area contributed by atoms with Crippen LogP contribution in [0.2, 0.25) is 0 Å². The second-order valence-electron chi connectivity index (χ2n) is 5.47. The van der Waals surface area contributed by atoms with Gasteiger partial charge in [-0.25, -0.2) is 0 Å². The molecule has 0 saturated carbocycles. The fourth-order valence-corrected chi connectivity index (χ4v) is 3.08. The normalized spacial score (nSPS) is 31.6. The highest BCUT2D eigenvalue weighted by atomic mass is 16.5. The van der Waals surface area contributed by atoms with Crippen LogP contribution in [0.1, 0.15) is 45.4 Å². The quantitative estimate of drug-likeness (QED) is 0.795. The molecular weight excluding hydrogens is 212 g/mol. The summed E-state index contributed by atoms with van der Waals surface area (Å²) in [6.07, 6.45) is 8.40. The molecule has 0 spiro atoms. The van der Waals surface area contributed by atoms with E-state index >= 15 is 0 Å². The Morgan fingerprint density at radius 3 is 2.94 bits per heavy atom. The summed E-state index contributed by atoms with van der Waals surface area (Å²) in [4.78, 5) is 2.62. The van der Waals surface area contributed by atoms with Gasteiger partial charge in [-0.2, -0.15) is 0 Å². The first-order chi connectivity index (χ1) is 8.38. The minimum Gasteiger partial charge on any atom is -0.378 e. The topological polar surface area (TPSA) is 24.5 Å². The van der Waals surface area contributed by atoms with E-state index in [0.717, 1.165) is 19.2 Å². The molecule has 17 heavy (non-hydrogen) atoms. The predicted molar refractivity (Wildman–Crippen MR) is 71.3 cm³/mol. The first-order valence-corrected chi connectivity index (χ1v) is 7.46. The molecule has 2 unspecified atom stereocenters. The lowest BCUT2D eigenvalue weighted by molar-refractivity contribution is 0.00380. The molecule has 0 radical (unpaired) electrons. The van der Waals surface area contributed by atoms with Gasteiger partial charge in [0.1, 0.15) is 0 Å². The van der Waals surface area contributed by atoms with E-state index in [1.807, 2.05) is 0 Å². The maximum Gasteiger partial charge on any atom is 0.0587 e. The highest BCUT2D eigenvalue weighted by Crippen LogP contribution is 2.17. The number of ether oxygens (including phenoxy) is 1. The number of nitrogens with one attached hydrogen (secondary N) is 1. The molecule has 2 saturated heterocycles. The number of hydrogen-bond donors (Lipinski definition) is 1. The van der Waals surface area contributed by atoms with E-state index in [1.165, 1.54) is 58.2 Å². The highest BCUT2D eigenvalue weighted by molar-refractivity contribution is 4.78.